The number of ketones is 1. The Morgan fingerprint density at radius 1 is 1.35 bits per heavy atom. The van der Waals surface area contributed by atoms with Gasteiger partial charge in [-0.3, -0.25) is 4.79 Å². The Bertz CT molecular complexity index is 637. The van der Waals surface area contributed by atoms with E-state index in [0.29, 0.717) is 30.1 Å². The van der Waals surface area contributed by atoms with Crippen LogP contribution >= 0.6 is 0 Å². The number of carbonyl (C=O) groups excluding carboxylic acids is 1. The van der Waals surface area contributed by atoms with Crippen LogP contribution in [0.15, 0.2) is 23.8 Å². The summed E-state index contributed by atoms with van der Waals surface area (Å²) in [6, 6.07) is 0. The van der Waals surface area contributed by atoms with E-state index in [1.165, 1.54) is 5.57 Å². The molecule has 0 heterocycles. The fraction of sp³-hybridized carbons (Fsp3) is 0.667. The molecule has 0 aromatic heterocycles. The van der Waals surface area contributed by atoms with Crippen LogP contribution in [-0.2, 0) is 4.79 Å². The van der Waals surface area contributed by atoms with Gasteiger partial charge in [0, 0.05) is 11.8 Å². The fourth-order valence-corrected chi connectivity index (χ4v) is 6.44. The van der Waals surface area contributed by atoms with E-state index in [2.05, 4.69) is 25.0 Å². The van der Waals surface area contributed by atoms with E-state index in [-0.39, 0.29) is 11.2 Å². The second kappa shape index (κ2) is 5.08. The summed E-state index contributed by atoms with van der Waals surface area (Å²) in [4.78, 5) is 11.7. The molecule has 4 aliphatic carbocycles. The topological polar surface area (TPSA) is 37.3 Å². The molecule has 4 rings (SSSR count). The lowest BCUT2D eigenvalue weighted by Gasteiger charge is -2.54. The minimum atomic E-state index is -0.927. The minimum absolute atomic E-state index is 0.112. The summed E-state index contributed by atoms with van der Waals surface area (Å²) in [5.41, 5.74) is 0.208. The molecule has 2 heteroatoms. The smallest absolute Gasteiger partial charge is 0.155 e. The van der Waals surface area contributed by atoms with Crippen molar-refractivity contribution in [3.63, 3.8) is 0 Å². The van der Waals surface area contributed by atoms with Crippen molar-refractivity contribution in [2.24, 2.45) is 29.1 Å². The molecule has 1 N–H and O–H groups in total. The van der Waals surface area contributed by atoms with E-state index < -0.39 is 5.60 Å². The maximum atomic E-state index is 11.7. The largest absolute Gasteiger partial charge is 0.377 e. The highest BCUT2D eigenvalue weighted by atomic mass is 16.3. The molecule has 0 amide bonds. The molecule has 0 radical (unpaired) electrons. The lowest BCUT2D eigenvalue weighted by Crippen LogP contribution is -2.52. The van der Waals surface area contributed by atoms with Gasteiger partial charge in [0.25, 0.3) is 0 Å². The van der Waals surface area contributed by atoms with Crippen molar-refractivity contribution in [1.82, 2.24) is 0 Å². The zero-order valence-corrected chi connectivity index (χ0v) is 13.9. The summed E-state index contributed by atoms with van der Waals surface area (Å²) in [7, 11) is 0. The third kappa shape index (κ3) is 1.89. The number of terminal acetylenes is 1. The van der Waals surface area contributed by atoms with Crippen molar-refractivity contribution >= 4 is 5.78 Å². The Labute approximate surface area is 139 Å². The van der Waals surface area contributed by atoms with Gasteiger partial charge >= 0.3 is 0 Å². The van der Waals surface area contributed by atoms with E-state index in [9.17, 15) is 9.90 Å². The Hall–Kier alpha value is -1.33. The molecule has 0 aromatic rings. The summed E-state index contributed by atoms with van der Waals surface area (Å²) < 4.78 is 0. The molecule has 0 bridgehead atoms. The second-order valence-electron chi connectivity index (χ2n) is 8.05. The molecule has 23 heavy (non-hydrogen) atoms. The van der Waals surface area contributed by atoms with Crippen molar-refractivity contribution < 1.29 is 9.90 Å². The Morgan fingerprint density at radius 3 is 2.91 bits per heavy atom. The van der Waals surface area contributed by atoms with E-state index in [1.807, 2.05) is 6.08 Å². The number of rotatable bonds is 1. The van der Waals surface area contributed by atoms with Gasteiger partial charge in [-0.1, -0.05) is 25.0 Å². The first-order valence-corrected chi connectivity index (χ1v) is 9.17. The number of fused-ring (bicyclic) bond motifs is 5. The molecule has 0 saturated heterocycles. The molecular weight excluding hydrogens is 284 g/mol. The molecular formula is C21H26O2. The lowest BCUT2D eigenvalue weighted by atomic mass is 9.51. The quantitative estimate of drug-likeness (QED) is 0.751. The van der Waals surface area contributed by atoms with Crippen LogP contribution in [0.4, 0.5) is 0 Å². The van der Waals surface area contributed by atoms with Crippen LogP contribution in [0.25, 0.3) is 0 Å². The number of allylic oxidation sites excluding steroid dienone is 4. The van der Waals surface area contributed by atoms with Crippen LogP contribution < -0.4 is 0 Å². The summed E-state index contributed by atoms with van der Waals surface area (Å²) in [6.45, 7) is 2.19. The minimum Gasteiger partial charge on any atom is -0.377 e. The van der Waals surface area contributed by atoms with Gasteiger partial charge in [-0.2, -0.15) is 0 Å². The van der Waals surface area contributed by atoms with Crippen LogP contribution in [0.5, 0.6) is 0 Å². The molecule has 2 fully saturated rings. The predicted octanol–water partition coefficient (Wildman–Crippen LogP) is 3.66. The van der Waals surface area contributed by atoms with Gasteiger partial charge < -0.3 is 5.11 Å². The highest BCUT2D eigenvalue weighted by Gasteiger charge is 2.62. The molecule has 4 aliphatic rings. The average molecular weight is 310 g/mol. The average Bonchev–Trinajstić information content (AvgIpc) is 2.88. The second-order valence-corrected chi connectivity index (χ2v) is 8.05. The number of hydrogen-bond acceptors (Lipinski definition) is 2. The highest BCUT2D eigenvalue weighted by molar-refractivity contribution is 5.91. The molecule has 0 unspecified atom stereocenters. The lowest BCUT2D eigenvalue weighted by molar-refractivity contribution is -0.116. The molecule has 2 saturated carbocycles. The van der Waals surface area contributed by atoms with Crippen molar-refractivity contribution in [3.05, 3.63) is 23.8 Å². The summed E-state index contributed by atoms with van der Waals surface area (Å²) >= 11 is 0. The Morgan fingerprint density at radius 2 is 2.17 bits per heavy atom. The number of aliphatic hydroxyl groups is 1. The maximum Gasteiger partial charge on any atom is 0.155 e. The first kappa shape index (κ1) is 15.2. The zero-order chi connectivity index (χ0) is 16.2. The highest BCUT2D eigenvalue weighted by Crippen LogP contribution is 2.64. The standard InChI is InChI=1S/C21H26O2/c1-3-20-11-9-17-16-8-6-15(22)13-14(16)5-7-18(17)19(20)10-12-21(20,23)4-2/h2,5,7,13,16-19,23H,3,6,8-12H2,1H3/t16-,17-,18+,19+,20-,21+/m0/s1. The molecule has 0 spiro atoms. The molecule has 0 aliphatic heterocycles. The van der Waals surface area contributed by atoms with Crippen molar-refractivity contribution in [3.8, 4) is 12.3 Å². The zero-order valence-electron chi connectivity index (χ0n) is 13.9. The molecule has 0 aromatic carbocycles. The van der Waals surface area contributed by atoms with Crippen LogP contribution in [0.3, 0.4) is 0 Å². The van der Waals surface area contributed by atoms with Crippen LogP contribution in [0.2, 0.25) is 0 Å². The first-order chi connectivity index (χ1) is 11.0. The van der Waals surface area contributed by atoms with Gasteiger partial charge in [-0.15, -0.1) is 6.42 Å². The number of carbonyl (C=O) groups is 1. The number of hydrogen-bond donors (Lipinski definition) is 1. The van der Waals surface area contributed by atoms with Crippen LogP contribution in [0.1, 0.15) is 51.9 Å². The molecule has 2 nitrogen and oxygen atoms in total. The monoisotopic (exact) mass is 310 g/mol. The van der Waals surface area contributed by atoms with Crippen molar-refractivity contribution in [1.29, 1.82) is 0 Å². The van der Waals surface area contributed by atoms with Gasteiger partial charge in [0.2, 0.25) is 0 Å². The van der Waals surface area contributed by atoms with Gasteiger partial charge in [0.05, 0.1) is 0 Å². The normalized spacial score (nSPS) is 48.0. The van der Waals surface area contributed by atoms with Gasteiger partial charge in [0.15, 0.2) is 5.78 Å². The van der Waals surface area contributed by atoms with Gasteiger partial charge in [-0.25, -0.2) is 0 Å². The van der Waals surface area contributed by atoms with Crippen LogP contribution in [-0.4, -0.2) is 16.5 Å². The van der Waals surface area contributed by atoms with E-state index >= 15 is 0 Å². The van der Waals surface area contributed by atoms with Crippen molar-refractivity contribution in [2.45, 2.75) is 57.5 Å². The predicted molar refractivity (Wildman–Crippen MR) is 90.4 cm³/mol. The van der Waals surface area contributed by atoms with Gasteiger partial charge in [0.1, 0.15) is 5.60 Å². The van der Waals surface area contributed by atoms with E-state index in [0.717, 1.165) is 38.5 Å². The fourth-order valence-electron chi connectivity index (χ4n) is 6.44. The van der Waals surface area contributed by atoms with Crippen LogP contribution in [0, 0.1) is 41.4 Å². The third-order valence-corrected chi connectivity index (χ3v) is 7.59. The molecule has 6 atom stereocenters. The third-order valence-electron chi connectivity index (χ3n) is 7.59. The first-order valence-electron chi connectivity index (χ1n) is 9.17. The van der Waals surface area contributed by atoms with Crippen molar-refractivity contribution in [2.75, 3.05) is 0 Å². The Balaban J connectivity index is 1.73. The Kier molecular flexibility index (Phi) is 3.36. The van der Waals surface area contributed by atoms with Gasteiger partial charge in [-0.05, 0) is 73.8 Å². The summed E-state index contributed by atoms with van der Waals surface area (Å²) in [5.74, 6) is 5.21. The summed E-state index contributed by atoms with van der Waals surface area (Å²) in [6.07, 6.45) is 18.7. The maximum absolute atomic E-state index is 11.7. The van der Waals surface area contributed by atoms with E-state index in [4.69, 9.17) is 6.42 Å². The summed E-state index contributed by atoms with van der Waals surface area (Å²) in [5, 5.41) is 11.1. The SMILES string of the molecule is C#C[C@@]1(O)CC[C@@H]2[C@@H]3C=CC4=CC(=O)CC[C@@H]4[C@@H]3CC[C@@]21CC. The molecule has 122 valence electrons. The van der Waals surface area contributed by atoms with E-state index in [1.54, 1.807) is 0 Å².